The van der Waals surface area contributed by atoms with E-state index in [-0.39, 0.29) is 0 Å². The highest BCUT2D eigenvalue weighted by atomic mass is 19.4. The van der Waals surface area contributed by atoms with Crippen LogP contribution in [-0.4, -0.2) is 19.6 Å². The van der Waals surface area contributed by atoms with E-state index in [1.165, 1.54) is 16.9 Å². The van der Waals surface area contributed by atoms with E-state index >= 15 is 0 Å². The molecule has 4 rings (SSSR count). The number of benzene rings is 1. The van der Waals surface area contributed by atoms with Crippen molar-refractivity contribution in [3.63, 3.8) is 0 Å². The predicted molar refractivity (Wildman–Crippen MR) is 81.5 cm³/mol. The van der Waals surface area contributed by atoms with Gasteiger partial charge in [0.1, 0.15) is 18.0 Å². The Balaban J connectivity index is 1.71. The third kappa shape index (κ3) is 2.69. The molecular weight excluding hydrogens is 338 g/mol. The lowest BCUT2D eigenvalue weighted by molar-refractivity contribution is -0.140. The smallest absolute Gasteiger partial charge is 0.360 e. The molecule has 25 heavy (non-hydrogen) atoms. The number of hydrogen-bond acceptors (Lipinski definition) is 4. The highest BCUT2D eigenvalue weighted by molar-refractivity contribution is 5.51. The van der Waals surface area contributed by atoms with Gasteiger partial charge in [0.25, 0.3) is 5.78 Å². The van der Waals surface area contributed by atoms with Crippen LogP contribution in [-0.2, 0) is 11.7 Å². The number of alkyl halides is 3. The van der Waals surface area contributed by atoms with E-state index in [4.69, 9.17) is 0 Å². The average molecular weight is 351 g/mol. The molecule has 0 radical (unpaired) electrons. The second kappa shape index (κ2) is 5.14. The quantitative estimate of drug-likeness (QED) is 0.731. The molecule has 9 heteroatoms. The van der Waals surface area contributed by atoms with Crippen LogP contribution in [0, 0.1) is 12.7 Å². The van der Waals surface area contributed by atoms with Gasteiger partial charge in [-0.25, -0.2) is 9.37 Å². The van der Waals surface area contributed by atoms with E-state index < -0.39 is 23.1 Å². The van der Waals surface area contributed by atoms with E-state index in [1.807, 2.05) is 0 Å². The number of nitrogens with one attached hydrogen (secondary N) is 1. The van der Waals surface area contributed by atoms with Gasteiger partial charge in [-0.05, 0) is 37.5 Å². The third-order valence-electron chi connectivity index (χ3n) is 4.32. The summed E-state index contributed by atoms with van der Waals surface area (Å²) in [5, 5.41) is 7.36. The molecule has 1 saturated carbocycles. The van der Waals surface area contributed by atoms with Crippen LogP contribution in [0.4, 0.5) is 23.4 Å². The van der Waals surface area contributed by atoms with Crippen molar-refractivity contribution in [3.05, 3.63) is 53.2 Å². The molecule has 0 saturated heterocycles. The summed E-state index contributed by atoms with van der Waals surface area (Å²) in [6, 6.07) is 4.82. The average Bonchev–Trinajstić information content (AvgIpc) is 3.14. The van der Waals surface area contributed by atoms with Gasteiger partial charge in [-0.15, -0.1) is 0 Å². The number of hydrogen-bond donors (Lipinski definition) is 1. The summed E-state index contributed by atoms with van der Waals surface area (Å²) >= 11 is 0. The van der Waals surface area contributed by atoms with Gasteiger partial charge in [-0.3, -0.25) is 0 Å². The Morgan fingerprint density at radius 2 is 1.96 bits per heavy atom. The molecule has 130 valence electrons. The molecule has 1 fully saturated rings. The van der Waals surface area contributed by atoms with E-state index in [0.29, 0.717) is 30.0 Å². The molecule has 1 aliphatic carbocycles. The predicted octanol–water partition coefficient (Wildman–Crippen LogP) is 3.69. The van der Waals surface area contributed by atoms with Crippen molar-refractivity contribution in [2.75, 3.05) is 5.32 Å². The maximum absolute atomic E-state index is 13.9. The first-order valence-electron chi connectivity index (χ1n) is 7.61. The molecule has 0 unspecified atom stereocenters. The zero-order chi connectivity index (χ0) is 17.8. The molecule has 1 N–H and O–H groups in total. The second-order valence-corrected chi connectivity index (χ2v) is 6.15. The number of aromatic nitrogens is 4. The molecule has 0 bridgehead atoms. The van der Waals surface area contributed by atoms with Crippen LogP contribution in [0.15, 0.2) is 30.6 Å². The van der Waals surface area contributed by atoms with Gasteiger partial charge in [-0.2, -0.15) is 27.8 Å². The SMILES string of the molecule is Cc1cc(NC2(c3ccc(C(F)(F)F)c(F)c3)CC2)n2ncnc2n1. The summed E-state index contributed by atoms with van der Waals surface area (Å²) in [5.41, 5.74) is -0.680. The minimum atomic E-state index is -4.71. The molecule has 1 aliphatic rings. The largest absolute Gasteiger partial charge is 0.419 e. The van der Waals surface area contributed by atoms with E-state index in [1.54, 1.807) is 13.0 Å². The van der Waals surface area contributed by atoms with Crippen molar-refractivity contribution >= 4 is 11.6 Å². The van der Waals surface area contributed by atoms with Crippen LogP contribution in [0.5, 0.6) is 0 Å². The highest BCUT2D eigenvalue weighted by Crippen LogP contribution is 2.49. The summed E-state index contributed by atoms with van der Waals surface area (Å²) in [6.45, 7) is 1.80. The van der Waals surface area contributed by atoms with Crippen molar-refractivity contribution in [2.24, 2.45) is 0 Å². The van der Waals surface area contributed by atoms with Crippen molar-refractivity contribution in [3.8, 4) is 0 Å². The maximum Gasteiger partial charge on any atom is 0.419 e. The fourth-order valence-electron chi connectivity index (χ4n) is 2.92. The molecule has 1 aromatic carbocycles. The molecule has 3 aromatic rings. The van der Waals surface area contributed by atoms with E-state index in [0.717, 1.165) is 17.8 Å². The molecule has 2 aromatic heterocycles. The molecule has 0 aliphatic heterocycles. The van der Waals surface area contributed by atoms with E-state index in [2.05, 4.69) is 20.4 Å². The first-order valence-corrected chi connectivity index (χ1v) is 7.61. The molecule has 5 nitrogen and oxygen atoms in total. The Morgan fingerprint density at radius 3 is 2.60 bits per heavy atom. The zero-order valence-corrected chi connectivity index (χ0v) is 13.1. The van der Waals surface area contributed by atoms with Gasteiger partial charge in [0, 0.05) is 11.8 Å². The Hall–Kier alpha value is -2.71. The summed E-state index contributed by atoms with van der Waals surface area (Å²) < 4.78 is 53.7. The van der Waals surface area contributed by atoms with Gasteiger partial charge in [0.05, 0.1) is 11.1 Å². The normalized spacial score (nSPS) is 16.2. The Kier molecular flexibility index (Phi) is 3.25. The monoisotopic (exact) mass is 351 g/mol. The van der Waals surface area contributed by atoms with Crippen LogP contribution < -0.4 is 5.32 Å². The molecular formula is C16H13F4N5. The highest BCUT2D eigenvalue weighted by Gasteiger charge is 2.46. The minimum Gasteiger partial charge on any atom is -0.360 e. The Labute approximate surface area is 139 Å². The first-order chi connectivity index (χ1) is 11.8. The Morgan fingerprint density at radius 1 is 1.20 bits per heavy atom. The van der Waals surface area contributed by atoms with E-state index in [9.17, 15) is 17.6 Å². The van der Waals surface area contributed by atoms with Crippen molar-refractivity contribution in [1.82, 2.24) is 19.6 Å². The molecule has 0 atom stereocenters. The summed E-state index contributed by atoms with van der Waals surface area (Å²) in [6.07, 6.45) is -1.99. The van der Waals surface area contributed by atoms with Crippen LogP contribution >= 0.6 is 0 Å². The minimum absolute atomic E-state index is 0.414. The van der Waals surface area contributed by atoms with Gasteiger partial charge < -0.3 is 5.32 Å². The third-order valence-corrected chi connectivity index (χ3v) is 4.32. The molecule has 0 amide bonds. The topological polar surface area (TPSA) is 55.1 Å². The number of nitrogens with zero attached hydrogens (tertiary/aromatic N) is 4. The molecule has 2 heterocycles. The van der Waals surface area contributed by atoms with Crippen LogP contribution in [0.25, 0.3) is 5.78 Å². The lowest BCUT2D eigenvalue weighted by Crippen LogP contribution is -2.22. The summed E-state index contributed by atoms with van der Waals surface area (Å²) in [7, 11) is 0. The van der Waals surface area contributed by atoms with Gasteiger partial charge in [0.2, 0.25) is 0 Å². The van der Waals surface area contributed by atoms with Crippen LogP contribution in [0.2, 0.25) is 0 Å². The van der Waals surface area contributed by atoms with Crippen molar-refractivity contribution < 1.29 is 17.6 Å². The van der Waals surface area contributed by atoms with Crippen molar-refractivity contribution in [1.29, 1.82) is 0 Å². The number of anilines is 1. The van der Waals surface area contributed by atoms with Crippen LogP contribution in [0.3, 0.4) is 0 Å². The number of aryl methyl sites for hydroxylation is 1. The first kappa shape index (κ1) is 15.8. The lowest BCUT2D eigenvalue weighted by Gasteiger charge is -2.21. The molecule has 0 spiro atoms. The van der Waals surface area contributed by atoms with Gasteiger partial charge in [-0.1, -0.05) is 6.07 Å². The second-order valence-electron chi connectivity index (χ2n) is 6.15. The zero-order valence-electron chi connectivity index (χ0n) is 13.1. The number of rotatable bonds is 3. The number of fused-ring (bicyclic) bond motifs is 1. The van der Waals surface area contributed by atoms with Crippen LogP contribution in [0.1, 0.15) is 29.7 Å². The van der Waals surface area contributed by atoms with Gasteiger partial charge in [0.15, 0.2) is 0 Å². The fourth-order valence-corrected chi connectivity index (χ4v) is 2.92. The lowest BCUT2D eigenvalue weighted by atomic mass is 10.0. The maximum atomic E-state index is 13.9. The summed E-state index contributed by atoms with van der Waals surface area (Å²) in [5.74, 6) is -0.246. The van der Waals surface area contributed by atoms with Crippen molar-refractivity contribution in [2.45, 2.75) is 31.5 Å². The Bertz CT molecular complexity index is 959. The number of halogens is 4. The fraction of sp³-hybridized carbons (Fsp3) is 0.312. The summed E-state index contributed by atoms with van der Waals surface area (Å²) in [4.78, 5) is 8.27. The van der Waals surface area contributed by atoms with Gasteiger partial charge >= 0.3 is 6.18 Å². The standard InChI is InChI=1S/C16H13F4N5/c1-9-6-13(25-14(23-9)21-8-22-25)24-15(4-5-15)10-2-3-11(12(17)7-10)16(18,19)20/h2-3,6-8,24H,4-5H2,1H3.